The second kappa shape index (κ2) is 5.97. The molecule has 0 unspecified atom stereocenters. The smallest absolute Gasteiger partial charge is 0.322 e. The normalized spacial score (nSPS) is 10.2. The van der Waals surface area contributed by atoms with Crippen molar-refractivity contribution in [3.63, 3.8) is 0 Å². The van der Waals surface area contributed by atoms with E-state index in [-0.39, 0.29) is 6.54 Å². The van der Waals surface area contributed by atoms with E-state index in [1.165, 1.54) is 0 Å². The van der Waals surface area contributed by atoms with Crippen LogP contribution in [0.15, 0.2) is 42.5 Å². The van der Waals surface area contributed by atoms with Gasteiger partial charge in [0.05, 0.1) is 5.69 Å². The second-order valence-corrected chi connectivity index (χ2v) is 4.02. The Balaban J connectivity index is 2.32. The Labute approximate surface area is 111 Å². The fourth-order valence-electron chi connectivity index (χ4n) is 1.73. The Morgan fingerprint density at radius 3 is 2.58 bits per heavy atom. The average molecular weight is 257 g/mol. The maximum absolute atomic E-state index is 10.6. The minimum Gasteiger partial charge on any atom is -0.480 e. The highest BCUT2D eigenvalue weighted by Crippen LogP contribution is 2.21. The molecule has 0 bridgehead atoms. The van der Waals surface area contributed by atoms with Crippen LogP contribution in [0, 0.1) is 0 Å². The molecule has 1 aromatic heterocycles. The van der Waals surface area contributed by atoms with Gasteiger partial charge in [-0.3, -0.25) is 4.79 Å². The summed E-state index contributed by atoms with van der Waals surface area (Å²) in [6, 6.07) is 13.4. The largest absolute Gasteiger partial charge is 0.480 e. The summed E-state index contributed by atoms with van der Waals surface area (Å²) in [5.74, 6) is -0.416. The number of benzene rings is 1. The molecule has 0 saturated carbocycles. The van der Waals surface area contributed by atoms with Crippen molar-refractivity contribution in [2.45, 2.75) is 6.54 Å². The zero-order valence-electron chi connectivity index (χ0n) is 10.3. The molecule has 0 aliphatic rings. The predicted octanol–water partition coefficient (Wildman–Crippen LogP) is 1.70. The highest BCUT2D eigenvalue weighted by Gasteiger charge is 2.07. The van der Waals surface area contributed by atoms with Gasteiger partial charge in [0.15, 0.2) is 0 Å². The van der Waals surface area contributed by atoms with Crippen LogP contribution in [0.5, 0.6) is 0 Å². The van der Waals surface area contributed by atoms with Gasteiger partial charge in [-0.1, -0.05) is 36.4 Å². The molecule has 0 aliphatic carbocycles. The van der Waals surface area contributed by atoms with Crippen LogP contribution in [0.4, 0.5) is 5.82 Å². The average Bonchev–Trinajstić information content (AvgIpc) is 2.45. The Bertz CT molecular complexity index is 570. The van der Waals surface area contributed by atoms with Gasteiger partial charge < -0.3 is 16.2 Å². The Morgan fingerprint density at radius 1 is 1.21 bits per heavy atom. The van der Waals surface area contributed by atoms with E-state index in [0.717, 1.165) is 16.8 Å². The van der Waals surface area contributed by atoms with Gasteiger partial charge in [0.25, 0.3) is 0 Å². The number of nitrogens with one attached hydrogen (secondary N) is 1. The van der Waals surface area contributed by atoms with Gasteiger partial charge in [0.1, 0.15) is 12.4 Å². The molecule has 4 N–H and O–H groups in total. The first-order valence-corrected chi connectivity index (χ1v) is 5.92. The number of aromatic nitrogens is 1. The van der Waals surface area contributed by atoms with E-state index >= 15 is 0 Å². The lowest BCUT2D eigenvalue weighted by molar-refractivity contribution is -0.134. The number of nitrogens with two attached hydrogens (primary N) is 1. The molecule has 0 spiro atoms. The molecule has 1 aromatic carbocycles. The molecule has 1 heterocycles. The molecule has 0 saturated heterocycles. The number of hydrogen-bond donors (Lipinski definition) is 3. The lowest BCUT2D eigenvalue weighted by Crippen LogP contribution is -2.15. The van der Waals surface area contributed by atoms with E-state index in [4.69, 9.17) is 10.8 Å². The summed E-state index contributed by atoms with van der Waals surface area (Å²) in [6.07, 6.45) is 0. The van der Waals surface area contributed by atoms with Gasteiger partial charge in [0.2, 0.25) is 0 Å². The maximum Gasteiger partial charge on any atom is 0.322 e. The summed E-state index contributed by atoms with van der Waals surface area (Å²) >= 11 is 0. The quantitative estimate of drug-likeness (QED) is 0.758. The summed E-state index contributed by atoms with van der Waals surface area (Å²) in [6.45, 7) is 0.127. The van der Waals surface area contributed by atoms with Crippen molar-refractivity contribution in [2.24, 2.45) is 5.73 Å². The number of pyridine rings is 1. The Hall–Kier alpha value is -2.40. The Kier molecular flexibility index (Phi) is 4.10. The van der Waals surface area contributed by atoms with Crippen molar-refractivity contribution in [1.29, 1.82) is 0 Å². The molecule has 0 aliphatic heterocycles. The fraction of sp³-hybridized carbons (Fsp3) is 0.143. The number of carboxylic acids is 1. The highest BCUT2D eigenvalue weighted by molar-refractivity contribution is 5.73. The van der Waals surface area contributed by atoms with E-state index in [1.54, 1.807) is 0 Å². The molecule has 2 aromatic rings. The van der Waals surface area contributed by atoms with Crippen LogP contribution < -0.4 is 11.1 Å². The summed E-state index contributed by atoms with van der Waals surface area (Å²) in [5, 5.41) is 11.5. The maximum atomic E-state index is 10.6. The lowest BCUT2D eigenvalue weighted by Gasteiger charge is -2.10. The number of rotatable bonds is 5. The van der Waals surface area contributed by atoms with Crippen LogP contribution in [-0.4, -0.2) is 22.6 Å². The standard InChI is InChI=1S/C14H15N3O2/c15-8-11-6-7-12(10-4-2-1-3-5-10)17-14(11)16-9-13(18)19/h1-7H,8-9,15H2,(H,16,17)(H,18,19). The minimum absolute atomic E-state index is 0.182. The minimum atomic E-state index is -0.935. The molecule has 0 amide bonds. The van der Waals surface area contributed by atoms with Crippen molar-refractivity contribution < 1.29 is 9.90 Å². The lowest BCUT2D eigenvalue weighted by atomic mass is 10.1. The van der Waals surface area contributed by atoms with Gasteiger partial charge in [0, 0.05) is 17.7 Å². The molecular formula is C14H15N3O2. The van der Waals surface area contributed by atoms with Crippen molar-refractivity contribution in [3.8, 4) is 11.3 Å². The third-order valence-corrected chi connectivity index (χ3v) is 2.68. The molecule has 2 rings (SSSR count). The van der Waals surface area contributed by atoms with Gasteiger partial charge >= 0.3 is 5.97 Å². The first-order valence-electron chi connectivity index (χ1n) is 5.92. The van der Waals surface area contributed by atoms with Gasteiger partial charge in [-0.2, -0.15) is 0 Å². The number of hydrogen-bond acceptors (Lipinski definition) is 4. The topological polar surface area (TPSA) is 88.2 Å². The number of nitrogens with zero attached hydrogens (tertiary/aromatic N) is 1. The van der Waals surface area contributed by atoms with Crippen molar-refractivity contribution in [1.82, 2.24) is 4.98 Å². The summed E-state index contributed by atoms with van der Waals surface area (Å²) in [7, 11) is 0. The van der Waals surface area contributed by atoms with Crippen LogP contribution in [-0.2, 0) is 11.3 Å². The monoisotopic (exact) mass is 257 g/mol. The predicted molar refractivity (Wildman–Crippen MR) is 73.7 cm³/mol. The molecule has 98 valence electrons. The number of carbonyl (C=O) groups is 1. The third-order valence-electron chi connectivity index (χ3n) is 2.68. The second-order valence-electron chi connectivity index (χ2n) is 4.02. The van der Waals surface area contributed by atoms with Crippen molar-refractivity contribution in [2.75, 3.05) is 11.9 Å². The first kappa shape index (κ1) is 13.0. The molecule has 0 atom stereocenters. The molecule has 0 fully saturated rings. The van der Waals surface area contributed by atoms with E-state index in [9.17, 15) is 4.79 Å². The summed E-state index contributed by atoms with van der Waals surface area (Å²) in [5.41, 5.74) is 8.17. The third kappa shape index (κ3) is 3.29. The zero-order chi connectivity index (χ0) is 13.7. The number of aliphatic carboxylic acids is 1. The zero-order valence-corrected chi connectivity index (χ0v) is 10.3. The SMILES string of the molecule is NCc1ccc(-c2ccccc2)nc1NCC(=O)O. The van der Waals surface area contributed by atoms with Gasteiger partial charge in [-0.15, -0.1) is 0 Å². The van der Waals surface area contributed by atoms with Gasteiger partial charge in [-0.25, -0.2) is 4.98 Å². The van der Waals surface area contributed by atoms with E-state index in [0.29, 0.717) is 12.4 Å². The van der Waals surface area contributed by atoms with Crippen LogP contribution >= 0.6 is 0 Å². The molecular weight excluding hydrogens is 242 g/mol. The molecule has 0 radical (unpaired) electrons. The van der Waals surface area contributed by atoms with Crippen LogP contribution in [0.1, 0.15) is 5.56 Å². The van der Waals surface area contributed by atoms with Crippen LogP contribution in [0.3, 0.4) is 0 Å². The molecule has 5 heteroatoms. The van der Waals surface area contributed by atoms with Crippen molar-refractivity contribution >= 4 is 11.8 Å². The van der Waals surface area contributed by atoms with Crippen molar-refractivity contribution in [3.05, 3.63) is 48.0 Å². The van der Waals surface area contributed by atoms with Crippen LogP contribution in [0.2, 0.25) is 0 Å². The van der Waals surface area contributed by atoms with E-state index in [1.807, 2.05) is 42.5 Å². The van der Waals surface area contributed by atoms with Gasteiger partial charge in [-0.05, 0) is 6.07 Å². The van der Waals surface area contributed by atoms with Crippen LogP contribution in [0.25, 0.3) is 11.3 Å². The Morgan fingerprint density at radius 2 is 1.95 bits per heavy atom. The molecule has 5 nitrogen and oxygen atoms in total. The highest BCUT2D eigenvalue weighted by atomic mass is 16.4. The van der Waals surface area contributed by atoms with E-state index < -0.39 is 5.97 Å². The summed E-state index contributed by atoms with van der Waals surface area (Å²) < 4.78 is 0. The number of anilines is 1. The summed E-state index contributed by atoms with van der Waals surface area (Å²) in [4.78, 5) is 15.0. The first-order chi connectivity index (χ1) is 9.20. The number of carboxylic acid groups (broad SMARTS) is 1. The molecule has 19 heavy (non-hydrogen) atoms. The van der Waals surface area contributed by atoms with E-state index in [2.05, 4.69) is 10.3 Å². The fourth-order valence-corrected chi connectivity index (χ4v) is 1.73.